The molecule has 33 heavy (non-hydrogen) atoms. The Hall–Kier alpha value is -1.70. The van der Waals surface area contributed by atoms with Crippen molar-refractivity contribution in [3.05, 3.63) is 18.2 Å². The Kier molecular flexibility index (Phi) is 7.92. The average Bonchev–Trinajstić information content (AvgIpc) is 3.27. The quantitative estimate of drug-likeness (QED) is 0.562. The van der Waals surface area contributed by atoms with Gasteiger partial charge in [-0.2, -0.15) is 13.1 Å². The lowest BCUT2D eigenvalue weighted by Crippen LogP contribution is -2.52. The van der Waals surface area contributed by atoms with E-state index in [0.29, 0.717) is 56.3 Å². The van der Waals surface area contributed by atoms with E-state index in [-0.39, 0.29) is 23.5 Å². The summed E-state index contributed by atoms with van der Waals surface area (Å²) in [6, 6.07) is 5.03. The first-order valence-electron chi connectivity index (χ1n) is 11.4. The third-order valence-electron chi connectivity index (χ3n) is 5.94. The van der Waals surface area contributed by atoms with Crippen LogP contribution in [0.5, 0.6) is 0 Å². The van der Waals surface area contributed by atoms with E-state index in [4.69, 9.17) is 4.74 Å². The highest BCUT2D eigenvalue weighted by Crippen LogP contribution is 2.25. The summed E-state index contributed by atoms with van der Waals surface area (Å²) in [5.74, 6) is 0.543. The van der Waals surface area contributed by atoms with Crippen LogP contribution in [-0.2, 0) is 19.6 Å². The number of nitrogens with one attached hydrogen (secondary N) is 1. The molecule has 10 nitrogen and oxygen atoms in total. The van der Waals surface area contributed by atoms with Gasteiger partial charge in [-0.1, -0.05) is 19.9 Å². The Morgan fingerprint density at radius 3 is 2.73 bits per heavy atom. The molecule has 0 radical (unpaired) electrons. The van der Waals surface area contributed by atoms with E-state index < -0.39 is 10.0 Å². The zero-order valence-electron chi connectivity index (χ0n) is 19.1. The molecule has 2 aromatic rings. The molecular weight excluding hydrogens is 464 g/mol. The van der Waals surface area contributed by atoms with Gasteiger partial charge in [-0.05, 0) is 18.1 Å². The molecule has 0 saturated carbocycles. The summed E-state index contributed by atoms with van der Waals surface area (Å²) < 4.78 is 41.8. The first-order chi connectivity index (χ1) is 15.8. The molecule has 0 bridgehead atoms. The number of hydrogen-bond acceptors (Lipinski definition) is 9. The predicted molar refractivity (Wildman–Crippen MR) is 127 cm³/mol. The number of carbonyl (C=O) groups is 1. The molecule has 12 heteroatoms. The minimum absolute atomic E-state index is 0.00588. The highest BCUT2D eigenvalue weighted by molar-refractivity contribution is 7.89. The summed E-state index contributed by atoms with van der Waals surface area (Å²) in [5.41, 5.74) is 1.01. The Bertz CT molecular complexity index is 1050. The Balaban J connectivity index is 1.24. The number of ether oxygens (including phenoxy) is 1. The van der Waals surface area contributed by atoms with Crippen molar-refractivity contribution in [1.82, 2.24) is 28.2 Å². The molecule has 1 amide bonds. The maximum absolute atomic E-state index is 13.1. The summed E-state index contributed by atoms with van der Waals surface area (Å²) in [7, 11) is -3.66. The van der Waals surface area contributed by atoms with E-state index in [9.17, 15) is 13.2 Å². The van der Waals surface area contributed by atoms with Crippen LogP contribution in [-0.4, -0.2) is 109 Å². The van der Waals surface area contributed by atoms with Gasteiger partial charge in [-0.15, -0.1) is 0 Å². The predicted octanol–water partition coefficient (Wildman–Crippen LogP) is 0.471. The number of rotatable bonds is 8. The molecule has 2 aliphatic heterocycles. The standard InChI is InChI=1S/C21H32N6O4S2/c1-16(2)13-26-10-11-31-17(14-26)12-22-20(28)15-25-6-8-27(9-7-25)33(29,30)19-5-3-4-18-21(19)24-32-23-18/h3-5,16-17H,6-15H2,1-2H3,(H,22,28)/t17-/m1/s1. The van der Waals surface area contributed by atoms with Gasteiger partial charge >= 0.3 is 0 Å². The van der Waals surface area contributed by atoms with Crippen molar-refractivity contribution in [3.8, 4) is 0 Å². The van der Waals surface area contributed by atoms with Crippen molar-refractivity contribution < 1.29 is 17.9 Å². The lowest BCUT2D eigenvalue weighted by molar-refractivity contribution is -0.123. The number of morpholine rings is 1. The van der Waals surface area contributed by atoms with Gasteiger partial charge in [0, 0.05) is 52.4 Å². The van der Waals surface area contributed by atoms with Crippen LogP contribution >= 0.6 is 11.7 Å². The van der Waals surface area contributed by atoms with Gasteiger partial charge in [0.05, 0.1) is 31.0 Å². The molecule has 2 saturated heterocycles. The second-order valence-corrected chi connectivity index (χ2v) is 11.5. The maximum atomic E-state index is 13.1. The highest BCUT2D eigenvalue weighted by Gasteiger charge is 2.31. The minimum Gasteiger partial charge on any atom is -0.374 e. The lowest BCUT2D eigenvalue weighted by Gasteiger charge is -2.35. The fourth-order valence-corrected chi connectivity index (χ4v) is 6.50. The fourth-order valence-electron chi connectivity index (χ4n) is 4.33. The molecule has 182 valence electrons. The number of nitrogens with zero attached hydrogens (tertiary/aromatic N) is 5. The first-order valence-corrected chi connectivity index (χ1v) is 13.5. The third kappa shape index (κ3) is 6.06. The topological polar surface area (TPSA) is 108 Å². The van der Waals surface area contributed by atoms with Gasteiger partial charge < -0.3 is 10.1 Å². The SMILES string of the molecule is CC(C)CN1CCO[C@H](CNC(=O)CN2CCN(S(=O)(=O)c3cccc4nsnc34)CC2)C1. The monoisotopic (exact) mass is 496 g/mol. The summed E-state index contributed by atoms with van der Waals surface area (Å²) >= 11 is 1.01. The molecular formula is C21H32N6O4S2. The number of carbonyl (C=O) groups excluding carboxylic acids is 1. The third-order valence-corrected chi connectivity index (χ3v) is 8.41. The number of benzene rings is 1. The highest BCUT2D eigenvalue weighted by atomic mass is 32.2. The van der Waals surface area contributed by atoms with Gasteiger partial charge in [0.25, 0.3) is 0 Å². The molecule has 2 fully saturated rings. The van der Waals surface area contributed by atoms with Gasteiger partial charge in [0.1, 0.15) is 15.9 Å². The van der Waals surface area contributed by atoms with Gasteiger partial charge in [0.2, 0.25) is 15.9 Å². The Morgan fingerprint density at radius 1 is 1.18 bits per heavy atom. The molecule has 1 atom stereocenters. The normalized spacial score (nSPS) is 21.6. The molecule has 1 aromatic heterocycles. The number of hydrogen-bond donors (Lipinski definition) is 1. The molecule has 1 N–H and O–H groups in total. The van der Waals surface area contributed by atoms with Crippen LogP contribution in [0.2, 0.25) is 0 Å². The van der Waals surface area contributed by atoms with Crippen molar-refractivity contribution in [1.29, 1.82) is 0 Å². The smallest absolute Gasteiger partial charge is 0.245 e. The van der Waals surface area contributed by atoms with Crippen molar-refractivity contribution in [2.24, 2.45) is 5.92 Å². The lowest BCUT2D eigenvalue weighted by atomic mass is 10.2. The van der Waals surface area contributed by atoms with Crippen LogP contribution in [0.3, 0.4) is 0 Å². The number of aromatic nitrogens is 2. The van der Waals surface area contributed by atoms with Crippen molar-refractivity contribution in [2.45, 2.75) is 24.8 Å². The largest absolute Gasteiger partial charge is 0.374 e. The first kappa shape index (κ1) is 24.4. The van der Waals surface area contributed by atoms with E-state index in [1.54, 1.807) is 18.2 Å². The van der Waals surface area contributed by atoms with Crippen LogP contribution in [0.15, 0.2) is 23.1 Å². The maximum Gasteiger partial charge on any atom is 0.245 e. The number of piperazine rings is 1. The van der Waals surface area contributed by atoms with Crippen LogP contribution in [0.4, 0.5) is 0 Å². The van der Waals surface area contributed by atoms with Crippen molar-refractivity contribution >= 4 is 38.7 Å². The van der Waals surface area contributed by atoms with Gasteiger partial charge in [-0.3, -0.25) is 14.6 Å². The minimum atomic E-state index is -3.66. The molecule has 3 heterocycles. The Morgan fingerprint density at radius 2 is 1.97 bits per heavy atom. The molecule has 0 aliphatic carbocycles. The summed E-state index contributed by atoms with van der Waals surface area (Å²) in [4.78, 5) is 17.0. The van der Waals surface area contributed by atoms with E-state index >= 15 is 0 Å². The van der Waals surface area contributed by atoms with Crippen LogP contribution in [0, 0.1) is 5.92 Å². The molecule has 0 spiro atoms. The number of sulfonamides is 1. The molecule has 2 aliphatic rings. The second kappa shape index (κ2) is 10.7. The number of amides is 1. The van der Waals surface area contributed by atoms with E-state index in [2.05, 4.69) is 32.8 Å². The molecule has 4 rings (SSSR count). The fraction of sp³-hybridized carbons (Fsp3) is 0.667. The van der Waals surface area contributed by atoms with Gasteiger partial charge in [0.15, 0.2) is 0 Å². The zero-order chi connectivity index (χ0) is 23.4. The van der Waals surface area contributed by atoms with E-state index in [0.717, 1.165) is 31.4 Å². The molecule has 0 unspecified atom stereocenters. The van der Waals surface area contributed by atoms with Crippen LogP contribution in [0.1, 0.15) is 13.8 Å². The molecule has 1 aromatic carbocycles. The summed E-state index contributed by atoms with van der Waals surface area (Å²) in [6.45, 7) is 10.3. The van der Waals surface area contributed by atoms with Crippen LogP contribution < -0.4 is 5.32 Å². The average molecular weight is 497 g/mol. The second-order valence-electron chi connectivity index (χ2n) is 9.02. The van der Waals surface area contributed by atoms with E-state index in [1.807, 2.05) is 4.90 Å². The summed E-state index contributed by atoms with van der Waals surface area (Å²) in [5, 5.41) is 2.98. The van der Waals surface area contributed by atoms with Crippen molar-refractivity contribution in [3.63, 3.8) is 0 Å². The van der Waals surface area contributed by atoms with E-state index in [1.165, 1.54) is 4.31 Å². The summed E-state index contributed by atoms with van der Waals surface area (Å²) in [6.07, 6.45) is 0.00588. The van der Waals surface area contributed by atoms with Crippen molar-refractivity contribution in [2.75, 3.05) is 65.5 Å². The Labute approximate surface area is 199 Å². The number of fused-ring (bicyclic) bond motifs is 1. The van der Waals surface area contributed by atoms with Gasteiger partial charge in [-0.25, -0.2) is 8.42 Å². The van der Waals surface area contributed by atoms with Crippen LogP contribution in [0.25, 0.3) is 11.0 Å². The zero-order valence-corrected chi connectivity index (χ0v) is 20.8.